The minimum Gasteiger partial charge on any atom is -0.486 e. The Morgan fingerprint density at radius 3 is 2.69 bits per heavy atom. The topological polar surface area (TPSA) is 90.4 Å². The van der Waals surface area contributed by atoms with Crippen LogP contribution in [-0.2, 0) is 6.61 Å². The van der Waals surface area contributed by atoms with E-state index in [1.165, 1.54) is 0 Å². The van der Waals surface area contributed by atoms with Crippen LogP contribution in [0, 0.1) is 13.8 Å². The molecule has 3 rings (SSSR count). The minimum absolute atomic E-state index is 0.248. The van der Waals surface area contributed by atoms with Gasteiger partial charge in [0, 0.05) is 5.56 Å². The Kier molecular flexibility index (Phi) is 5.36. The van der Waals surface area contributed by atoms with Crippen molar-refractivity contribution >= 4 is 5.91 Å². The highest BCUT2D eigenvalue weighted by atomic mass is 16.5. The maximum Gasteiger partial charge on any atom is 0.287 e. The number of benzene rings is 1. The number of nitrogens with zero attached hydrogens (tertiary/aromatic N) is 2. The zero-order valence-corrected chi connectivity index (χ0v) is 15.0. The van der Waals surface area contributed by atoms with Crippen molar-refractivity contribution in [1.82, 2.24) is 15.5 Å². The van der Waals surface area contributed by atoms with Crippen molar-refractivity contribution in [3.63, 3.8) is 0 Å². The third-order valence-electron chi connectivity index (χ3n) is 3.85. The molecule has 0 aliphatic heterocycles. The number of hydrogen-bond acceptors (Lipinski definition) is 6. The van der Waals surface area contributed by atoms with Crippen LogP contribution < -0.4 is 10.1 Å². The summed E-state index contributed by atoms with van der Waals surface area (Å²) in [5, 5.41) is 6.63. The van der Waals surface area contributed by atoms with Crippen molar-refractivity contribution in [1.29, 1.82) is 0 Å². The number of aryl methyl sites for hydroxylation is 2. The molecular formula is C19H21N3O4. The molecule has 0 saturated carbocycles. The van der Waals surface area contributed by atoms with Gasteiger partial charge in [-0.3, -0.25) is 4.79 Å². The molecule has 136 valence electrons. The van der Waals surface area contributed by atoms with Crippen molar-refractivity contribution in [2.45, 2.75) is 39.8 Å². The lowest BCUT2D eigenvalue weighted by atomic mass is 10.2. The summed E-state index contributed by atoms with van der Waals surface area (Å²) in [4.78, 5) is 16.7. The van der Waals surface area contributed by atoms with Crippen molar-refractivity contribution in [2.75, 3.05) is 0 Å². The van der Waals surface area contributed by atoms with Gasteiger partial charge in [-0.15, -0.1) is 0 Å². The highest BCUT2D eigenvalue weighted by Crippen LogP contribution is 2.20. The van der Waals surface area contributed by atoms with Gasteiger partial charge in [0.05, 0.1) is 0 Å². The van der Waals surface area contributed by atoms with E-state index in [-0.39, 0.29) is 24.3 Å². The molecule has 26 heavy (non-hydrogen) atoms. The summed E-state index contributed by atoms with van der Waals surface area (Å²) < 4.78 is 16.5. The molecule has 0 aliphatic rings. The number of para-hydroxylation sites is 1. The summed E-state index contributed by atoms with van der Waals surface area (Å²) in [6.07, 6.45) is 0.622. The van der Waals surface area contributed by atoms with Crippen molar-refractivity contribution in [3.8, 4) is 5.75 Å². The summed E-state index contributed by atoms with van der Waals surface area (Å²) >= 11 is 0. The molecule has 0 radical (unpaired) electrons. The molecule has 7 heteroatoms. The molecule has 1 N–H and O–H groups in total. The number of nitrogens with one attached hydrogen (secondary N) is 1. The van der Waals surface area contributed by atoms with E-state index in [0.29, 0.717) is 23.9 Å². The van der Waals surface area contributed by atoms with Gasteiger partial charge in [0.15, 0.2) is 11.6 Å². The lowest BCUT2D eigenvalue weighted by Gasteiger charge is -2.11. The molecule has 1 atom stereocenters. The molecule has 0 fully saturated rings. The molecule has 1 aromatic carbocycles. The Morgan fingerprint density at radius 1 is 1.27 bits per heavy atom. The third kappa shape index (κ3) is 4.11. The van der Waals surface area contributed by atoms with Gasteiger partial charge in [0.25, 0.3) is 5.91 Å². The predicted molar refractivity (Wildman–Crippen MR) is 93.8 cm³/mol. The second kappa shape index (κ2) is 7.86. The fraction of sp³-hybridized carbons (Fsp3) is 0.316. The third-order valence-corrected chi connectivity index (χ3v) is 3.85. The summed E-state index contributed by atoms with van der Waals surface area (Å²) in [5.74, 6) is 2.17. The average molecular weight is 355 g/mol. The highest BCUT2D eigenvalue weighted by Gasteiger charge is 2.23. The van der Waals surface area contributed by atoms with Gasteiger partial charge in [-0.05, 0) is 38.5 Å². The number of aromatic nitrogens is 2. The molecule has 1 amide bonds. The molecule has 0 unspecified atom stereocenters. The van der Waals surface area contributed by atoms with Crippen molar-refractivity contribution in [2.24, 2.45) is 0 Å². The smallest absolute Gasteiger partial charge is 0.287 e. The Bertz CT molecular complexity index is 870. The molecular weight excluding hydrogens is 334 g/mol. The van der Waals surface area contributed by atoms with Gasteiger partial charge < -0.3 is 19.0 Å². The van der Waals surface area contributed by atoms with Crippen molar-refractivity contribution < 1.29 is 18.5 Å². The van der Waals surface area contributed by atoms with Gasteiger partial charge in [-0.25, -0.2) is 0 Å². The average Bonchev–Trinajstić information content (AvgIpc) is 3.24. The van der Waals surface area contributed by atoms with Crippen LogP contribution in [0.4, 0.5) is 0 Å². The van der Waals surface area contributed by atoms with E-state index < -0.39 is 0 Å². The van der Waals surface area contributed by atoms with Gasteiger partial charge in [-0.1, -0.05) is 30.3 Å². The monoisotopic (exact) mass is 355 g/mol. The van der Waals surface area contributed by atoms with E-state index in [0.717, 1.165) is 11.3 Å². The first-order valence-corrected chi connectivity index (χ1v) is 8.45. The molecule has 7 nitrogen and oxygen atoms in total. The maximum atomic E-state index is 12.6. The number of furan rings is 1. The number of carbonyl (C=O) groups excluding carboxylic acids is 1. The molecule has 0 saturated heterocycles. The van der Waals surface area contributed by atoms with E-state index in [9.17, 15) is 4.79 Å². The number of hydrogen-bond donors (Lipinski definition) is 1. The van der Waals surface area contributed by atoms with Crippen LogP contribution >= 0.6 is 0 Å². The first-order valence-electron chi connectivity index (χ1n) is 8.45. The van der Waals surface area contributed by atoms with E-state index in [1.54, 1.807) is 13.0 Å². The maximum absolute atomic E-state index is 12.6. The molecule has 2 aromatic heterocycles. The van der Waals surface area contributed by atoms with Gasteiger partial charge in [-0.2, -0.15) is 4.98 Å². The number of ether oxygens (including phenoxy) is 1. The minimum atomic E-state index is -0.364. The molecule has 0 spiro atoms. The first kappa shape index (κ1) is 17.7. The highest BCUT2D eigenvalue weighted by molar-refractivity contribution is 5.93. The summed E-state index contributed by atoms with van der Waals surface area (Å²) in [6, 6.07) is 10.9. The Morgan fingerprint density at radius 2 is 2.04 bits per heavy atom. The summed E-state index contributed by atoms with van der Waals surface area (Å²) in [5.41, 5.74) is 0.741. The van der Waals surface area contributed by atoms with Crippen LogP contribution in [-0.4, -0.2) is 16.0 Å². The van der Waals surface area contributed by atoms with E-state index in [4.69, 9.17) is 13.7 Å². The van der Waals surface area contributed by atoms with Gasteiger partial charge in [0.1, 0.15) is 24.2 Å². The number of carbonyl (C=O) groups is 1. The number of amides is 1. The summed E-state index contributed by atoms with van der Waals surface area (Å²) in [7, 11) is 0. The second-order valence-corrected chi connectivity index (χ2v) is 5.94. The van der Waals surface area contributed by atoms with Crippen LogP contribution in [0.5, 0.6) is 5.75 Å². The quantitative estimate of drug-likeness (QED) is 0.694. The Labute approximate surface area is 151 Å². The first-order chi connectivity index (χ1) is 12.6. The predicted octanol–water partition coefficient (Wildman–Crippen LogP) is 3.74. The SMILES string of the molecule is CC[C@H](NC(=O)c1oc(COc2ccccc2)cc1C)c1nc(C)no1. The number of rotatable bonds is 7. The lowest BCUT2D eigenvalue weighted by Crippen LogP contribution is -2.28. The molecule has 2 heterocycles. The fourth-order valence-electron chi connectivity index (χ4n) is 2.53. The van der Waals surface area contributed by atoms with Gasteiger partial charge >= 0.3 is 0 Å². The largest absolute Gasteiger partial charge is 0.486 e. The standard InChI is InChI=1S/C19H21N3O4/c1-4-16(19-20-13(3)22-26-19)21-18(23)17-12(2)10-15(25-17)11-24-14-8-6-5-7-9-14/h5-10,16H,4,11H2,1-3H3,(H,21,23)/t16-/m0/s1. The zero-order valence-electron chi connectivity index (χ0n) is 15.0. The zero-order chi connectivity index (χ0) is 18.5. The Balaban J connectivity index is 1.66. The van der Waals surface area contributed by atoms with Crippen molar-refractivity contribution in [3.05, 3.63) is 65.2 Å². The molecule has 3 aromatic rings. The Hall–Kier alpha value is -3.09. The van der Waals surface area contributed by atoms with E-state index in [1.807, 2.05) is 44.2 Å². The lowest BCUT2D eigenvalue weighted by molar-refractivity contribution is 0.0894. The summed E-state index contributed by atoms with van der Waals surface area (Å²) in [6.45, 7) is 5.73. The molecule has 0 bridgehead atoms. The van der Waals surface area contributed by atoms with Crippen LogP contribution in [0.15, 0.2) is 45.3 Å². The normalized spacial score (nSPS) is 12.0. The second-order valence-electron chi connectivity index (χ2n) is 5.94. The van der Waals surface area contributed by atoms with Crippen LogP contribution in [0.25, 0.3) is 0 Å². The van der Waals surface area contributed by atoms with Gasteiger partial charge in [0.2, 0.25) is 5.89 Å². The van der Waals surface area contributed by atoms with E-state index >= 15 is 0 Å². The van der Waals surface area contributed by atoms with E-state index in [2.05, 4.69) is 15.5 Å². The molecule has 0 aliphatic carbocycles. The van der Waals surface area contributed by atoms with Crippen LogP contribution in [0.2, 0.25) is 0 Å². The van der Waals surface area contributed by atoms with Crippen LogP contribution in [0.1, 0.15) is 53.0 Å². The fourth-order valence-corrected chi connectivity index (χ4v) is 2.53. The van der Waals surface area contributed by atoms with Crippen LogP contribution in [0.3, 0.4) is 0 Å².